The van der Waals surface area contributed by atoms with Crippen molar-refractivity contribution in [1.82, 2.24) is 4.90 Å². The highest BCUT2D eigenvalue weighted by atomic mass is 35.5. The van der Waals surface area contributed by atoms with Crippen LogP contribution in [0, 0.1) is 0 Å². The lowest BCUT2D eigenvalue weighted by molar-refractivity contribution is -0.134. The topological polar surface area (TPSA) is 49.7 Å². The Kier molecular flexibility index (Phi) is 2.72. The lowest BCUT2D eigenvalue weighted by Crippen LogP contribution is -2.31. The molecule has 2 amide bonds. The zero-order valence-corrected chi connectivity index (χ0v) is 10.7. The highest BCUT2D eigenvalue weighted by Gasteiger charge is 2.40. The number of nitrogens with zero attached hydrogens (tertiary/aromatic N) is 2. The average Bonchev–Trinajstić information content (AvgIpc) is 2.85. The molecule has 0 aliphatic carbocycles. The van der Waals surface area contributed by atoms with Gasteiger partial charge in [-0.2, -0.15) is 0 Å². The highest BCUT2D eigenvalue weighted by molar-refractivity contribution is 8.15. The first-order valence-electron chi connectivity index (χ1n) is 5.21. The van der Waals surface area contributed by atoms with Gasteiger partial charge in [0.25, 0.3) is 5.91 Å². The summed E-state index contributed by atoms with van der Waals surface area (Å²) >= 11 is 7.07. The molecule has 0 saturated carbocycles. The molecule has 0 N–H and O–H groups in total. The second kappa shape index (κ2) is 4.26. The van der Waals surface area contributed by atoms with Crippen molar-refractivity contribution in [3.05, 3.63) is 40.5 Å². The number of rotatable bonds is 1. The van der Waals surface area contributed by atoms with E-state index in [0.717, 1.165) is 10.5 Å². The Morgan fingerprint density at radius 1 is 1.28 bits per heavy atom. The van der Waals surface area contributed by atoms with Crippen LogP contribution in [-0.2, 0) is 9.59 Å². The van der Waals surface area contributed by atoms with Crippen molar-refractivity contribution in [2.75, 3.05) is 5.75 Å². The third-order valence-electron chi connectivity index (χ3n) is 2.58. The SMILES string of the molecule is O=C1CSC2=N/C(=C\c3ccc(Cl)cc3)C(=O)N12. The van der Waals surface area contributed by atoms with Crippen molar-refractivity contribution in [1.29, 1.82) is 0 Å². The van der Waals surface area contributed by atoms with Gasteiger partial charge < -0.3 is 0 Å². The maximum absolute atomic E-state index is 12.0. The molecule has 2 aliphatic heterocycles. The molecule has 6 heteroatoms. The van der Waals surface area contributed by atoms with Crippen LogP contribution in [-0.4, -0.2) is 27.6 Å². The molecular formula is C12H7ClN2O2S. The maximum Gasteiger partial charge on any atom is 0.285 e. The Labute approximate surface area is 112 Å². The van der Waals surface area contributed by atoms with Gasteiger partial charge in [0.15, 0.2) is 5.17 Å². The Balaban J connectivity index is 1.95. The van der Waals surface area contributed by atoms with Crippen molar-refractivity contribution in [2.45, 2.75) is 0 Å². The number of amides is 2. The molecule has 1 fully saturated rings. The van der Waals surface area contributed by atoms with Crippen LogP contribution in [0.5, 0.6) is 0 Å². The van der Waals surface area contributed by atoms with Crippen LogP contribution in [0.4, 0.5) is 0 Å². The number of hydrogen-bond acceptors (Lipinski definition) is 4. The molecule has 0 bridgehead atoms. The van der Waals surface area contributed by atoms with Crippen LogP contribution >= 0.6 is 23.4 Å². The molecule has 0 aromatic heterocycles. The number of hydrogen-bond donors (Lipinski definition) is 0. The van der Waals surface area contributed by atoms with E-state index in [2.05, 4.69) is 4.99 Å². The van der Waals surface area contributed by atoms with Gasteiger partial charge in [0.2, 0.25) is 5.91 Å². The van der Waals surface area contributed by atoms with Crippen molar-refractivity contribution in [3.8, 4) is 0 Å². The molecule has 0 radical (unpaired) electrons. The van der Waals surface area contributed by atoms with Crippen LogP contribution in [0.2, 0.25) is 5.02 Å². The first kappa shape index (κ1) is 11.5. The maximum atomic E-state index is 12.0. The van der Waals surface area contributed by atoms with Gasteiger partial charge in [-0.1, -0.05) is 35.5 Å². The van der Waals surface area contributed by atoms with Crippen LogP contribution in [0.15, 0.2) is 35.0 Å². The van der Waals surface area contributed by atoms with Gasteiger partial charge in [0, 0.05) is 5.02 Å². The molecular weight excluding hydrogens is 272 g/mol. The summed E-state index contributed by atoms with van der Waals surface area (Å²) in [4.78, 5) is 28.7. The lowest BCUT2D eigenvalue weighted by atomic mass is 10.2. The molecule has 1 saturated heterocycles. The first-order valence-corrected chi connectivity index (χ1v) is 6.57. The molecule has 4 nitrogen and oxygen atoms in total. The Bertz CT molecular complexity index is 607. The van der Waals surface area contributed by atoms with Crippen LogP contribution in [0.1, 0.15) is 5.56 Å². The van der Waals surface area contributed by atoms with Gasteiger partial charge in [-0.25, -0.2) is 9.89 Å². The molecule has 0 unspecified atom stereocenters. The largest absolute Gasteiger partial charge is 0.285 e. The molecule has 2 heterocycles. The fraction of sp³-hybridized carbons (Fsp3) is 0.0833. The molecule has 90 valence electrons. The third-order valence-corrected chi connectivity index (χ3v) is 3.75. The first-order chi connectivity index (χ1) is 8.65. The molecule has 1 aromatic rings. The summed E-state index contributed by atoms with van der Waals surface area (Å²) in [6.45, 7) is 0. The van der Waals surface area contributed by atoms with E-state index in [0.29, 0.717) is 15.9 Å². The van der Waals surface area contributed by atoms with Gasteiger partial charge in [-0.15, -0.1) is 0 Å². The summed E-state index contributed by atoms with van der Waals surface area (Å²) < 4.78 is 0. The summed E-state index contributed by atoms with van der Waals surface area (Å²) in [5, 5.41) is 1.11. The van der Waals surface area contributed by atoms with E-state index in [1.165, 1.54) is 11.8 Å². The van der Waals surface area contributed by atoms with E-state index in [1.54, 1.807) is 30.3 Å². The number of carbonyl (C=O) groups excluding carboxylic acids is 2. The summed E-state index contributed by atoms with van der Waals surface area (Å²) in [5.74, 6) is -0.267. The second-order valence-electron chi connectivity index (χ2n) is 3.80. The number of carbonyl (C=O) groups is 2. The fourth-order valence-corrected chi connectivity index (χ4v) is 2.71. The summed E-state index contributed by atoms with van der Waals surface area (Å²) in [6, 6.07) is 7.06. The minimum Gasteiger partial charge on any atom is -0.273 e. The molecule has 0 atom stereocenters. The van der Waals surface area contributed by atoms with Gasteiger partial charge in [-0.3, -0.25) is 9.59 Å². The Hall–Kier alpha value is -1.59. The van der Waals surface area contributed by atoms with Crippen molar-refractivity contribution < 1.29 is 9.59 Å². The van der Waals surface area contributed by atoms with Crippen molar-refractivity contribution in [3.63, 3.8) is 0 Å². The van der Waals surface area contributed by atoms with E-state index in [-0.39, 0.29) is 17.5 Å². The smallest absolute Gasteiger partial charge is 0.273 e. The molecule has 1 aromatic carbocycles. The minimum atomic E-state index is -0.352. The second-order valence-corrected chi connectivity index (χ2v) is 5.18. The predicted molar refractivity (Wildman–Crippen MR) is 71.2 cm³/mol. The standard InChI is InChI=1S/C12H7ClN2O2S/c13-8-3-1-7(2-4-8)5-9-11(17)15-10(16)6-18-12(15)14-9/h1-5H,6H2/b9-5-. The van der Waals surface area contributed by atoms with Crippen molar-refractivity contribution >= 4 is 46.4 Å². The summed E-state index contributed by atoms with van der Waals surface area (Å²) in [6.07, 6.45) is 1.65. The van der Waals surface area contributed by atoms with Crippen molar-refractivity contribution in [2.24, 2.45) is 4.99 Å². The number of imide groups is 1. The molecule has 2 aliphatic rings. The van der Waals surface area contributed by atoms with Crippen LogP contribution in [0.3, 0.4) is 0 Å². The minimum absolute atomic E-state index is 0.205. The van der Waals surface area contributed by atoms with Crippen LogP contribution < -0.4 is 0 Å². The lowest BCUT2D eigenvalue weighted by Gasteiger charge is -2.04. The fourth-order valence-electron chi connectivity index (χ4n) is 1.72. The third kappa shape index (κ3) is 1.85. The van der Waals surface area contributed by atoms with E-state index in [1.807, 2.05) is 0 Å². The number of halogens is 1. The zero-order chi connectivity index (χ0) is 12.7. The number of fused-ring (bicyclic) bond motifs is 1. The van der Waals surface area contributed by atoms with E-state index < -0.39 is 0 Å². The van der Waals surface area contributed by atoms with Gasteiger partial charge in [0.1, 0.15) is 5.70 Å². The van der Waals surface area contributed by atoms with E-state index in [9.17, 15) is 9.59 Å². The highest BCUT2D eigenvalue weighted by Crippen LogP contribution is 2.29. The van der Waals surface area contributed by atoms with E-state index in [4.69, 9.17) is 11.6 Å². The number of amidine groups is 1. The quantitative estimate of drug-likeness (QED) is 0.584. The number of benzene rings is 1. The molecule has 0 spiro atoms. The predicted octanol–water partition coefficient (Wildman–Crippen LogP) is 2.15. The summed E-state index contributed by atoms with van der Waals surface area (Å²) in [7, 11) is 0. The Morgan fingerprint density at radius 2 is 2.00 bits per heavy atom. The van der Waals surface area contributed by atoms with Crippen LogP contribution in [0.25, 0.3) is 6.08 Å². The molecule has 3 rings (SSSR count). The molecule has 18 heavy (non-hydrogen) atoms. The normalized spacial score (nSPS) is 20.6. The monoisotopic (exact) mass is 278 g/mol. The van der Waals surface area contributed by atoms with E-state index >= 15 is 0 Å². The Morgan fingerprint density at radius 3 is 2.67 bits per heavy atom. The zero-order valence-electron chi connectivity index (χ0n) is 9.09. The van der Waals surface area contributed by atoms with Gasteiger partial charge in [-0.05, 0) is 23.8 Å². The number of aliphatic imine (C=N–C) groups is 1. The average molecular weight is 279 g/mol. The van der Waals surface area contributed by atoms with Gasteiger partial charge >= 0.3 is 0 Å². The summed E-state index contributed by atoms with van der Waals surface area (Å²) in [5.41, 5.74) is 1.11. The number of thioether (sulfide) groups is 1. The van der Waals surface area contributed by atoms with Gasteiger partial charge in [0.05, 0.1) is 5.75 Å².